The van der Waals surface area contributed by atoms with Gasteiger partial charge in [-0.05, 0) is 31.7 Å². The Labute approximate surface area is 95.8 Å². The van der Waals surface area contributed by atoms with Gasteiger partial charge >= 0.3 is 6.18 Å². The van der Waals surface area contributed by atoms with E-state index >= 15 is 0 Å². The van der Waals surface area contributed by atoms with Crippen LogP contribution in [0.3, 0.4) is 0 Å². The lowest BCUT2D eigenvalue weighted by Crippen LogP contribution is -2.43. The Balaban J connectivity index is 2.44. The SMILES string of the molecule is CCC(CC)CC1CC(C(F)(F)F)CCN1. The predicted molar refractivity (Wildman–Crippen MR) is 59.3 cm³/mol. The Morgan fingerprint density at radius 3 is 2.38 bits per heavy atom. The van der Waals surface area contributed by atoms with E-state index in [1.165, 1.54) is 0 Å². The predicted octanol–water partition coefficient (Wildman–Crippen LogP) is 3.74. The van der Waals surface area contributed by atoms with E-state index in [1.807, 2.05) is 0 Å². The summed E-state index contributed by atoms with van der Waals surface area (Å²) in [6, 6.07) is 0.0604. The summed E-state index contributed by atoms with van der Waals surface area (Å²) in [7, 11) is 0. The third-order valence-corrected chi connectivity index (χ3v) is 3.73. The van der Waals surface area contributed by atoms with Gasteiger partial charge in [0.2, 0.25) is 0 Å². The lowest BCUT2D eigenvalue weighted by molar-refractivity contribution is -0.183. The van der Waals surface area contributed by atoms with Gasteiger partial charge in [-0.15, -0.1) is 0 Å². The van der Waals surface area contributed by atoms with Crippen LogP contribution in [0.4, 0.5) is 13.2 Å². The van der Waals surface area contributed by atoms with Gasteiger partial charge in [0, 0.05) is 6.04 Å². The molecule has 2 atom stereocenters. The minimum absolute atomic E-state index is 0.0604. The molecule has 1 N–H and O–H groups in total. The zero-order valence-corrected chi connectivity index (χ0v) is 10.1. The molecule has 0 saturated carbocycles. The fraction of sp³-hybridized carbons (Fsp3) is 1.00. The monoisotopic (exact) mass is 237 g/mol. The van der Waals surface area contributed by atoms with Gasteiger partial charge in [0.15, 0.2) is 0 Å². The molecule has 0 radical (unpaired) electrons. The van der Waals surface area contributed by atoms with Gasteiger partial charge in [0.05, 0.1) is 5.92 Å². The molecule has 16 heavy (non-hydrogen) atoms. The quantitative estimate of drug-likeness (QED) is 0.785. The van der Waals surface area contributed by atoms with Crippen molar-refractivity contribution in [3.63, 3.8) is 0 Å². The van der Waals surface area contributed by atoms with Crippen molar-refractivity contribution < 1.29 is 13.2 Å². The standard InChI is InChI=1S/C12H22F3N/c1-3-9(4-2)7-11-8-10(5-6-16-11)12(13,14)15/h9-11,16H,3-8H2,1-2H3. The van der Waals surface area contributed by atoms with E-state index in [2.05, 4.69) is 19.2 Å². The van der Waals surface area contributed by atoms with Crippen LogP contribution in [0, 0.1) is 11.8 Å². The van der Waals surface area contributed by atoms with Crippen LogP contribution in [0.15, 0.2) is 0 Å². The van der Waals surface area contributed by atoms with Crippen LogP contribution in [0.25, 0.3) is 0 Å². The molecule has 1 aliphatic rings. The number of halogens is 3. The van der Waals surface area contributed by atoms with Crippen molar-refractivity contribution in [1.29, 1.82) is 0 Å². The molecule has 0 aromatic heterocycles. The summed E-state index contributed by atoms with van der Waals surface area (Å²) in [5, 5.41) is 3.22. The van der Waals surface area contributed by atoms with Gasteiger partial charge in [0.1, 0.15) is 0 Å². The maximum Gasteiger partial charge on any atom is 0.391 e. The Hall–Kier alpha value is -0.250. The normalized spacial score (nSPS) is 27.4. The average molecular weight is 237 g/mol. The average Bonchev–Trinajstić information content (AvgIpc) is 2.25. The van der Waals surface area contributed by atoms with Gasteiger partial charge in [-0.2, -0.15) is 13.2 Å². The molecule has 0 aliphatic carbocycles. The smallest absolute Gasteiger partial charge is 0.314 e. The maximum atomic E-state index is 12.6. The third kappa shape index (κ3) is 3.96. The summed E-state index contributed by atoms with van der Waals surface area (Å²) in [4.78, 5) is 0. The van der Waals surface area contributed by atoms with Crippen LogP contribution in [0.2, 0.25) is 0 Å². The highest BCUT2D eigenvalue weighted by Crippen LogP contribution is 2.35. The van der Waals surface area contributed by atoms with Gasteiger partial charge in [-0.25, -0.2) is 0 Å². The lowest BCUT2D eigenvalue weighted by atomic mass is 9.85. The van der Waals surface area contributed by atoms with Crippen LogP contribution in [-0.2, 0) is 0 Å². The molecular weight excluding hydrogens is 215 g/mol. The van der Waals surface area contributed by atoms with E-state index in [9.17, 15) is 13.2 Å². The third-order valence-electron chi connectivity index (χ3n) is 3.73. The first kappa shape index (κ1) is 13.8. The summed E-state index contributed by atoms with van der Waals surface area (Å²) in [6.07, 6.45) is -0.493. The summed E-state index contributed by atoms with van der Waals surface area (Å²) >= 11 is 0. The fourth-order valence-electron chi connectivity index (χ4n) is 2.51. The van der Waals surface area contributed by atoms with E-state index in [-0.39, 0.29) is 18.9 Å². The van der Waals surface area contributed by atoms with Gasteiger partial charge in [-0.1, -0.05) is 26.7 Å². The van der Waals surface area contributed by atoms with Crippen LogP contribution in [0.1, 0.15) is 46.0 Å². The molecule has 0 bridgehead atoms. The highest BCUT2D eigenvalue weighted by Gasteiger charge is 2.42. The van der Waals surface area contributed by atoms with Crippen molar-refractivity contribution in [3.05, 3.63) is 0 Å². The molecule has 0 spiro atoms. The molecule has 1 nitrogen and oxygen atoms in total. The largest absolute Gasteiger partial charge is 0.391 e. The van der Waals surface area contributed by atoms with Crippen LogP contribution in [0.5, 0.6) is 0 Å². The lowest BCUT2D eigenvalue weighted by Gasteiger charge is -2.33. The molecule has 0 amide bonds. The topological polar surface area (TPSA) is 12.0 Å². The van der Waals surface area contributed by atoms with Gasteiger partial charge in [0.25, 0.3) is 0 Å². The Morgan fingerprint density at radius 1 is 1.25 bits per heavy atom. The molecule has 1 saturated heterocycles. The van der Waals surface area contributed by atoms with E-state index < -0.39 is 12.1 Å². The highest BCUT2D eigenvalue weighted by atomic mass is 19.4. The number of piperidine rings is 1. The first-order valence-corrected chi connectivity index (χ1v) is 6.27. The van der Waals surface area contributed by atoms with Crippen LogP contribution < -0.4 is 5.32 Å². The summed E-state index contributed by atoms with van der Waals surface area (Å²) in [6.45, 7) is 4.73. The van der Waals surface area contributed by atoms with E-state index in [4.69, 9.17) is 0 Å². The van der Waals surface area contributed by atoms with Crippen molar-refractivity contribution in [2.24, 2.45) is 11.8 Å². The molecule has 0 aromatic rings. The van der Waals surface area contributed by atoms with Crippen molar-refractivity contribution in [2.75, 3.05) is 6.54 Å². The second-order valence-electron chi connectivity index (χ2n) is 4.83. The molecule has 2 unspecified atom stereocenters. The minimum atomic E-state index is -4.01. The van der Waals surface area contributed by atoms with Crippen LogP contribution in [-0.4, -0.2) is 18.8 Å². The van der Waals surface area contributed by atoms with Crippen molar-refractivity contribution >= 4 is 0 Å². The Bertz CT molecular complexity index is 199. The molecular formula is C12H22F3N. The second-order valence-corrected chi connectivity index (χ2v) is 4.83. The molecule has 1 aliphatic heterocycles. The Morgan fingerprint density at radius 2 is 1.88 bits per heavy atom. The summed E-state index contributed by atoms with van der Waals surface area (Å²) in [5.74, 6) is -0.530. The molecule has 1 heterocycles. The van der Waals surface area contributed by atoms with Crippen molar-refractivity contribution in [2.45, 2.75) is 58.2 Å². The number of hydrogen-bond acceptors (Lipinski definition) is 1. The number of nitrogens with one attached hydrogen (secondary N) is 1. The zero-order chi connectivity index (χ0) is 12.2. The molecule has 1 fully saturated rings. The van der Waals surface area contributed by atoms with Crippen LogP contribution >= 0.6 is 0 Å². The van der Waals surface area contributed by atoms with E-state index in [1.54, 1.807) is 0 Å². The zero-order valence-electron chi connectivity index (χ0n) is 10.1. The summed E-state index contributed by atoms with van der Waals surface area (Å²) < 4.78 is 37.8. The summed E-state index contributed by atoms with van der Waals surface area (Å²) in [5.41, 5.74) is 0. The van der Waals surface area contributed by atoms with E-state index in [0.29, 0.717) is 12.5 Å². The maximum absolute atomic E-state index is 12.6. The number of rotatable bonds is 4. The molecule has 1 rings (SSSR count). The highest BCUT2D eigenvalue weighted by molar-refractivity contribution is 4.83. The Kier molecular flexibility index (Phi) is 5.09. The minimum Gasteiger partial charge on any atom is -0.314 e. The molecule has 4 heteroatoms. The van der Waals surface area contributed by atoms with Crippen molar-refractivity contribution in [1.82, 2.24) is 5.32 Å². The first-order valence-electron chi connectivity index (χ1n) is 6.27. The van der Waals surface area contributed by atoms with Gasteiger partial charge < -0.3 is 5.32 Å². The van der Waals surface area contributed by atoms with E-state index in [0.717, 1.165) is 19.3 Å². The molecule has 96 valence electrons. The fourth-order valence-corrected chi connectivity index (χ4v) is 2.51. The van der Waals surface area contributed by atoms with Gasteiger partial charge in [-0.3, -0.25) is 0 Å². The second kappa shape index (κ2) is 5.89. The van der Waals surface area contributed by atoms with Crippen molar-refractivity contribution in [3.8, 4) is 0 Å². The number of hydrogen-bond donors (Lipinski definition) is 1. The first-order chi connectivity index (χ1) is 7.47. The number of alkyl halides is 3. The molecule has 0 aromatic carbocycles.